The van der Waals surface area contributed by atoms with Crippen molar-refractivity contribution in [1.82, 2.24) is 9.71 Å². The highest BCUT2D eigenvalue weighted by atomic mass is 32.2. The molecule has 0 aromatic carbocycles. The van der Waals surface area contributed by atoms with Crippen LogP contribution in [-0.4, -0.2) is 43.7 Å². The first kappa shape index (κ1) is 15.9. The van der Waals surface area contributed by atoms with Gasteiger partial charge in [-0.25, -0.2) is 22.9 Å². The lowest BCUT2D eigenvalue weighted by Gasteiger charge is -2.11. The van der Waals surface area contributed by atoms with Crippen molar-refractivity contribution in [2.45, 2.75) is 36.8 Å². The highest BCUT2D eigenvalue weighted by Crippen LogP contribution is 2.20. The van der Waals surface area contributed by atoms with Gasteiger partial charge in [0.15, 0.2) is 5.03 Å². The van der Waals surface area contributed by atoms with Crippen LogP contribution in [0.2, 0.25) is 0 Å². The maximum atomic E-state index is 11.9. The Morgan fingerprint density at radius 3 is 2.67 bits per heavy atom. The molecule has 1 fully saturated rings. The van der Waals surface area contributed by atoms with Crippen LogP contribution in [0, 0.1) is 0 Å². The van der Waals surface area contributed by atoms with Crippen LogP contribution in [0.1, 0.15) is 36.0 Å². The molecule has 1 heterocycles. The van der Waals surface area contributed by atoms with Crippen LogP contribution in [0.25, 0.3) is 0 Å². The molecule has 0 saturated heterocycles. The van der Waals surface area contributed by atoms with E-state index in [1.54, 1.807) is 0 Å². The molecule has 1 saturated carbocycles. The summed E-state index contributed by atoms with van der Waals surface area (Å²) in [6, 6.07) is 2.38. The Balaban J connectivity index is 1.84. The number of aromatic carboxylic acids is 1. The molecule has 1 aliphatic rings. The van der Waals surface area contributed by atoms with E-state index in [4.69, 9.17) is 9.84 Å². The number of carbonyl (C=O) groups is 1. The third-order valence-electron chi connectivity index (χ3n) is 3.31. The van der Waals surface area contributed by atoms with E-state index in [9.17, 15) is 13.2 Å². The molecular weight excluding hydrogens is 296 g/mol. The van der Waals surface area contributed by atoms with E-state index >= 15 is 0 Å². The topological polar surface area (TPSA) is 106 Å². The molecule has 1 aromatic rings. The first-order valence-electron chi connectivity index (χ1n) is 6.79. The van der Waals surface area contributed by atoms with E-state index in [-0.39, 0.29) is 23.2 Å². The Labute approximate surface area is 123 Å². The van der Waals surface area contributed by atoms with E-state index < -0.39 is 16.0 Å². The van der Waals surface area contributed by atoms with E-state index in [2.05, 4.69) is 9.71 Å². The van der Waals surface area contributed by atoms with Gasteiger partial charge in [-0.1, -0.05) is 12.8 Å². The molecule has 1 aromatic heterocycles. The maximum Gasteiger partial charge on any atom is 0.337 e. The van der Waals surface area contributed by atoms with Crippen LogP contribution in [0.15, 0.2) is 23.4 Å². The fraction of sp³-hybridized carbons (Fsp3) is 0.538. The van der Waals surface area contributed by atoms with Crippen molar-refractivity contribution >= 4 is 16.0 Å². The minimum Gasteiger partial charge on any atom is -0.478 e. The van der Waals surface area contributed by atoms with Gasteiger partial charge in [0.25, 0.3) is 10.0 Å². The molecule has 116 valence electrons. The molecule has 7 nitrogen and oxygen atoms in total. The van der Waals surface area contributed by atoms with E-state index in [0.29, 0.717) is 6.61 Å². The Bertz CT molecular complexity index is 579. The molecular formula is C13H18N2O5S. The largest absolute Gasteiger partial charge is 0.478 e. The van der Waals surface area contributed by atoms with Crippen molar-refractivity contribution in [3.05, 3.63) is 23.9 Å². The van der Waals surface area contributed by atoms with E-state index in [1.165, 1.54) is 12.1 Å². The third kappa shape index (κ3) is 4.48. The molecule has 0 atom stereocenters. The number of rotatable bonds is 7. The Morgan fingerprint density at radius 2 is 2.10 bits per heavy atom. The molecule has 1 aliphatic carbocycles. The van der Waals surface area contributed by atoms with E-state index in [0.717, 1.165) is 31.9 Å². The van der Waals surface area contributed by atoms with Gasteiger partial charge >= 0.3 is 5.97 Å². The maximum absolute atomic E-state index is 11.9. The van der Waals surface area contributed by atoms with Crippen LogP contribution in [0.3, 0.4) is 0 Å². The minimum atomic E-state index is -3.73. The molecule has 8 heteroatoms. The standard InChI is InChI=1S/C13H18N2O5S/c16-13(17)10-5-6-12(14-9-10)21(18,19)15-7-8-20-11-3-1-2-4-11/h5-6,9,11,15H,1-4,7-8H2,(H,16,17). The van der Waals surface area contributed by atoms with E-state index in [1.807, 2.05) is 0 Å². The average molecular weight is 314 g/mol. The molecule has 0 spiro atoms. The van der Waals surface area contributed by atoms with Crippen LogP contribution in [0.5, 0.6) is 0 Å². The summed E-state index contributed by atoms with van der Waals surface area (Å²) in [6.07, 6.45) is 5.65. The molecule has 0 amide bonds. The molecule has 0 radical (unpaired) electrons. The van der Waals surface area contributed by atoms with Crippen molar-refractivity contribution in [2.24, 2.45) is 0 Å². The van der Waals surface area contributed by atoms with Crippen LogP contribution >= 0.6 is 0 Å². The zero-order valence-electron chi connectivity index (χ0n) is 11.5. The average Bonchev–Trinajstić information content (AvgIpc) is 2.97. The number of hydrogen-bond acceptors (Lipinski definition) is 5. The minimum absolute atomic E-state index is 0.0569. The number of ether oxygens (including phenoxy) is 1. The zero-order chi connectivity index (χ0) is 15.3. The van der Waals surface area contributed by atoms with Crippen LogP contribution in [-0.2, 0) is 14.8 Å². The summed E-state index contributed by atoms with van der Waals surface area (Å²) in [5.74, 6) is -1.15. The van der Waals surface area contributed by atoms with Gasteiger partial charge in [0, 0.05) is 12.7 Å². The SMILES string of the molecule is O=C(O)c1ccc(S(=O)(=O)NCCOC2CCCC2)nc1. The summed E-state index contributed by atoms with van der Waals surface area (Å²) in [5, 5.41) is 8.53. The second-order valence-electron chi connectivity index (χ2n) is 4.87. The van der Waals surface area contributed by atoms with Crippen LogP contribution < -0.4 is 4.72 Å². The second kappa shape index (κ2) is 6.97. The summed E-state index contributed by atoms with van der Waals surface area (Å²) in [6.45, 7) is 0.484. The third-order valence-corrected chi connectivity index (χ3v) is 4.68. The van der Waals surface area contributed by atoms with Gasteiger partial charge in [-0.15, -0.1) is 0 Å². The summed E-state index contributed by atoms with van der Waals surface area (Å²) < 4.78 is 31.8. The number of nitrogens with one attached hydrogen (secondary N) is 1. The molecule has 0 bridgehead atoms. The number of nitrogens with zero attached hydrogens (tertiary/aromatic N) is 1. The van der Waals surface area contributed by atoms with Gasteiger partial charge in [0.2, 0.25) is 0 Å². The van der Waals surface area contributed by atoms with Crippen molar-refractivity contribution in [2.75, 3.05) is 13.2 Å². The van der Waals surface area contributed by atoms with Gasteiger partial charge < -0.3 is 9.84 Å². The number of hydrogen-bond donors (Lipinski definition) is 2. The second-order valence-corrected chi connectivity index (χ2v) is 6.58. The van der Waals surface area contributed by atoms with Crippen molar-refractivity contribution in [3.8, 4) is 0 Å². The lowest BCUT2D eigenvalue weighted by Crippen LogP contribution is -2.29. The van der Waals surface area contributed by atoms with Crippen molar-refractivity contribution in [1.29, 1.82) is 0 Å². The Hall–Kier alpha value is -1.51. The first-order valence-corrected chi connectivity index (χ1v) is 8.28. The smallest absolute Gasteiger partial charge is 0.337 e. The predicted molar refractivity (Wildman–Crippen MR) is 74.6 cm³/mol. The Kier molecular flexibility index (Phi) is 5.27. The summed E-state index contributed by atoms with van der Waals surface area (Å²) >= 11 is 0. The number of carboxylic acid groups (broad SMARTS) is 1. The number of pyridine rings is 1. The summed E-state index contributed by atoms with van der Waals surface area (Å²) in [7, 11) is -3.73. The number of sulfonamides is 1. The monoisotopic (exact) mass is 314 g/mol. The van der Waals surface area contributed by atoms with Gasteiger partial charge in [-0.2, -0.15) is 0 Å². The summed E-state index contributed by atoms with van der Waals surface area (Å²) in [4.78, 5) is 14.3. The van der Waals surface area contributed by atoms with Crippen LogP contribution in [0.4, 0.5) is 0 Å². The van der Waals surface area contributed by atoms with Crippen molar-refractivity contribution < 1.29 is 23.1 Å². The molecule has 2 rings (SSSR count). The first-order chi connectivity index (χ1) is 9.99. The molecule has 2 N–H and O–H groups in total. The predicted octanol–water partition coefficient (Wildman–Crippen LogP) is 1.02. The lowest BCUT2D eigenvalue weighted by atomic mass is 10.3. The number of aromatic nitrogens is 1. The normalized spacial score (nSPS) is 16.2. The number of carboxylic acids is 1. The van der Waals surface area contributed by atoms with Gasteiger partial charge in [0.1, 0.15) is 0 Å². The fourth-order valence-electron chi connectivity index (χ4n) is 2.20. The quantitative estimate of drug-likeness (QED) is 0.728. The Morgan fingerprint density at radius 1 is 1.38 bits per heavy atom. The van der Waals surface area contributed by atoms with Gasteiger partial charge in [0.05, 0.1) is 18.3 Å². The summed E-state index contributed by atoms with van der Waals surface area (Å²) in [5.41, 5.74) is -0.0569. The molecule has 21 heavy (non-hydrogen) atoms. The highest BCUT2D eigenvalue weighted by molar-refractivity contribution is 7.89. The van der Waals surface area contributed by atoms with Crippen molar-refractivity contribution in [3.63, 3.8) is 0 Å². The lowest BCUT2D eigenvalue weighted by molar-refractivity contribution is 0.0626. The van der Waals surface area contributed by atoms with Gasteiger partial charge in [-0.3, -0.25) is 0 Å². The molecule has 0 unspecified atom stereocenters. The highest BCUT2D eigenvalue weighted by Gasteiger charge is 2.18. The van der Waals surface area contributed by atoms with Gasteiger partial charge in [-0.05, 0) is 25.0 Å². The fourth-order valence-corrected chi connectivity index (χ4v) is 3.13. The zero-order valence-corrected chi connectivity index (χ0v) is 12.3. The molecule has 0 aliphatic heterocycles.